The lowest BCUT2D eigenvalue weighted by Gasteiger charge is -2.36. The van der Waals surface area contributed by atoms with Crippen molar-refractivity contribution in [2.75, 3.05) is 18.2 Å². The van der Waals surface area contributed by atoms with Gasteiger partial charge >= 0.3 is 5.97 Å². The minimum absolute atomic E-state index is 0.152. The zero-order valence-electron chi connectivity index (χ0n) is 19.7. The number of benzene rings is 1. The van der Waals surface area contributed by atoms with Gasteiger partial charge in [0.1, 0.15) is 29.4 Å². The Morgan fingerprint density at radius 3 is 2.78 bits per heavy atom. The van der Waals surface area contributed by atoms with Crippen molar-refractivity contribution in [1.82, 2.24) is 29.7 Å². The standard InChI is InChI=1S/C23H23ClN8O4/c1-10(28-19-17(18(25)26-9-27-19)21-31-30-11(2)36-21)20-29-15-6-4-5-14(24)16(15)22(33)32(20)13-7-12(8-13)23(34)35-3/h4-6,9-10,12-13H,7-8H2,1-3H3,(H3,25,26,27,28)/t10-,12?,13?/m0/s1. The predicted octanol–water partition coefficient (Wildman–Crippen LogP) is 3.08. The summed E-state index contributed by atoms with van der Waals surface area (Å²) in [4.78, 5) is 38.8. The van der Waals surface area contributed by atoms with E-state index < -0.39 is 6.04 Å². The van der Waals surface area contributed by atoms with Gasteiger partial charge in [0, 0.05) is 13.0 Å². The number of carbonyl (C=O) groups is 1. The van der Waals surface area contributed by atoms with E-state index in [1.165, 1.54) is 13.4 Å². The molecule has 3 aromatic heterocycles. The van der Waals surface area contributed by atoms with Crippen LogP contribution in [0.5, 0.6) is 0 Å². The number of ether oxygens (including phenoxy) is 1. The molecule has 3 heterocycles. The van der Waals surface area contributed by atoms with Crippen molar-refractivity contribution in [3.05, 3.63) is 51.6 Å². The molecule has 0 bridgehead atoms. The second-order valence-corrected chi connectivity index (χ2v) is 9.01. The Labute approximate surface area is 209 Å². The number of anilines is 2. The third-order valence-electron chi connectivity index (χ3n) is 6.28. The van der Waals surface area contributed by atoms with Gasteiger partial charge in [-0.25, -0.2) is 15.0 Å². The van der Waals surface area contributed by atoms with Crippen molar-refractivity contribution in [3.8, 4) is 11.5 Å². The van der Waals surface area contributed by atoms with Crippen LogP contribution in [0, 0.1) is 12.8 Å². The SMILES string of the molecule is COC(=O)C1CC(n2c([C@H](C)Nc3ncnc(N)c3-c3nnc(C)o3)nc3cccc(Cl)c3c2=O)C1. The molecule has 1 aliphatic rings. The molecule has 5 rings (SSSR count). The van der Waals surface area contributed by atoms with Gasteiger partial charge < -0.3 is 20.2 Å². The molecule has 0 aliphatic heterocycles. The maximum atomic E-state index is 13.7. The summed E-state index contributed by atoms with van der Waals surface area (Å²) >= 11 is 6.37. The van der Waals surface area contributed by atoms with Crippen molar-refractivity contribution in [2.45, 2.75) is 38.8 Å². The summed E-state index contributed by atoms with van der Waals surface area (Å²) in [6.45, 7) is 3.50. The molecule has 1 saturated carbocycles. The largest absolute Gasteiger partial charge is 0.469 e. The summed E-state index contributed by atoms with van der Waals surface area (Å²) in [5.74, 6) is 0.891. The second kappa shape index (κ2) is 9.19. The van der Waals surface area contributed by atoms with E-state index >= 15 is 0 Å². The van der Waals surface area contributed by atoms with Crippen LogP contribution in [-0.2, 0) is 9.53 Å². The van der Waals surface area contributed by atoms with Crippen LogP contribution < -0.4 is 16.6 Å². The minimum atomic E-state index is -0.518. The smallest absolute Gasteiger partial charge is 0.308 e. The molecule has 0 amide bonds. The summed E-state index contributed by atoms with van der Waals surface area (Å²) in [6, 6.07) is 4.36. The van der Waals surface area contributed by atoms with Crippen molar-refractivity contribution in [2.24, 2.45) is 5.92 Å². The maximum Gasteiger partial charge on any atom is 0.308 e. The quantitative estimate of drug-likeness (QED) is 0.366. The fourth-order valence-corrected chi connectivity index (χ4v) is 4.67. The van der Waals surface area contributed by atoms with Crippen LogP contribution in [-0.4, -0.2) is 42.8 Å². The topological polar surface area (TPSA) is 164 Å². The van der Waals surface area contributed by atoms with Crippen molar-refractivity contribution in [1.29, 1.82) is 0 Å². The van der Waals surface area contributed by atoms with Gasteiger partial charge in [0.2, 0.25) is 5.89 Å². The van der Waals surface area contributed by atoms with Gasteiger partial charge in [0.05, 0.1) is 35.0 Å². The van der Waals surface area contributed by atoms with Crippen LogP contribution >= 0.6 is 11.6 Å². The van der Waals surface area contributed by atoms with E-state index in [0.29, 0.717) is 51.9 Å². The fraction of sp³-hybridized carbons (Fsp3) is 0.348. The molecule has 3 N–H and O–H groups in total. The second-order valence-electron chi connectivity index (χ2n) is 8.60. The number of hydrogen-bond donors (Lipinski definition) is 2. The third-order valence-corrected chi connectivity index (χ3v) is 6.59. The lowest BCUT2D eigenvalue weighted by atomic mass is 9.80. The maximum absolute atomic E-state index is 13.7. The van der Waals surface area contributed by atoms with Gasteiger partial charge in [0.25, 0.3) is 11.4 Å². The number of esters is 1. The molecule has 1 atom stereocenters. The molecule has 1 aromatic carbocycles. The van der Waals surface area contributed by atoms with E-state index in [4.69, 9.17) is 31.5 Å². The Morgan fingerprint density at radius 2 is 2.08 bits per heavy atom. The molecule has 0 spiro atoms. The molecular weight excluding hydrogens is 488 g/mol. The summed E-state index contributed by atoms with van der Waals surface area (Å²) in [5, 5.41) is 11.8. The average Bonchev–Trinajstić information content (AvgIpc) is 3.24. The van der Waals surface area contributed by atoms with E-state index in [1.54, 1.807) is 29.7 Å². The first-order valence-corrected chi connectivity index (χ1v) is 11.6. The first kappa shape index (κ1) is 23.7. The van der Waals surface area contributed by atoms with E-state index in [2.05, 4.69) is 25.5 Å². The van der Waals surface area contributed by atoms with Crippen molar-refractivity contribution < 1.29 is 13.9 Å². The van der Waals surface area contributed by atoms with E-state index in [9.17, 15) is 9.59 Å². The Bertz CT molecular complexity index is 1530. The van der Waals surface area contributed by atoms with Gasteiger partial charge in [-0.3, -0.25) is 14.2 Å². The van der Waals surface area contributed by atoms with Crippen LogP contribution in [0.25, 0.3) is 22.4 Å². The molecule has 1 aliphatic carbocycles. The highest BCUT2D eigenvalue weighted by atomic mass is 35.5. The number of nitrogens with two attached hydrogens (primary N) is 1. The Morgan fingerprint density at radius 1 is 1.31 bits per heavy atom. The number of fused-ring (bicyclic) bond motifs is 1. The van der Waals surface area contributed by atoms with Crippen LogP contribution in [0.3, 0.4) is 0 Å². The van der Waals surface area contributed by atoms with E-state index in [-0.39, 0.29) is 35.2 Å². The lowest BCUT2D eigenvalue weighted by molar-refractivity contribution is -0.149. The molecule has 13 heteroatoms. The number of aromatic nitrogens is 6. The summed E-state index contributed by atoms with van der Waals surface area (Å²) in [5.41, 5.74) is 6.64. The normalized spacial score (nSPS) is 18.0. The number of carbonyl (C=O) groups excluding carboxylic acids is 1. The van der Waals surface area contributed by atoms with Crippen LogP contribution in [0.15, 0.2) is 33.7 Å². The molecule has 4 aromatic rings. The average molecular weight is 511 g/mol. The highest BCUT2D eigenvalue weighted by molar-refractivity contribution is 6.35. The number of aryl methyl sites for hydroxylation is 1. The molecule has 12 nitrogen and oxygen atoms in total. The highest BCUT2D eigenvalue weighted by Gasteiger charge is 2.39. The van der Waals surface area contributed by atoms with Gasteiger partial charge in [0.15, 0.2) is 0 Å². The van der Waals surface area contributed by atoms with Crippen molar-refractivity contribution in [3.63, 3.8) is 0 Å². The van der Waals surface area contributed by atoms with Crippen LogP contribution in [0.4, 0.5) is 11.6 Å². The minimum Gasteiger partial charge on any atom is -0.469 e. The Balaban J connectivity index is 1.58. The summed E-state index contributed by atoms with van der Waals surface area (Å²) < 4.78 is 12.0. The van der Waals surface area contributed by atoms with Gasteiger partial charge in [-0.15, -0.1) is 10.2 Å². The number of methoxy groups -OCH3 is 1. The summed E-state index contributed by atoms with van der Waals surface area (Å²) in [7, 11) is 1.35. The lowest BCUT2D eigenvalue weighted by Crippen LogP contribution is -2.40. The number of nitrogens with zero attached hydrogens (tertiary/aromatic N) is 6. The van der Waals surface area contributed by atoms with Gasteiger partial charge in [-0.05, 0) is 31.9 Å². The third kappa shape index (κ3) is 4.02. The predicted molar refractivity (Wildman–Crippen MR) is 131 cm³/mol. The van der Waals surface area contributed by atoms with Crippen LogP contribution in [0.2, 0.25) is 5.02 Å². The number of nitrogens with one attached hydrogen (secondary N) is 1. The molecule has 36 heavy (non-hydrogen) atoms. The molecule has 186 valence electrons. The van der Waals surface area contributed by atoms with Crippen LogP contribution in [0.1, 0.15) is 43.6 Å². The molecule has 0 saturated heterocycles. The Kier molecular flexibility index (Phi) is 6.04. The first-order valence-electron chi connectivity index (χ1n) is 11.2. The number of rotatable bonds is 6. The number of hydrogen-bond acceptors (Lipinski definition) is 11. The molecule has 1 fully saturated rings. The first-order chi connectivity index (χ1) is 17.3. The van der Waals surface area contributed by atoms with E-state index in [0.717, 1.165) is 0 Å². The number of halogens is 1. The molecular formula is C23H23ClN8O4. The monoisotopic (exact) mass is 510 g/mol. The summed E-state index contributed by atoms with van der Waals surface area (Å²) in [6.07, 6.45) is 2.22. The van der Waals surface area contributed by atoms with E-state index in [1.807, 2.05) is 6.92 Å². The fourth-order valence-electron chi connectivity index (χ4n) is 4.42. The molecule has 0 unspecified atom stereocenters. The van der Waals surface area contributed by atoms with Crippen molar-refractivity contribution >= 4 is 40.1 Å². The zero-order chi connectivity index (χ0) is 25.6. The van der Waals surface area contributed by atoms with Gasteiger partial charge in [-0.1, -0.05) is 17.7 Å². The van der Waals surface area contributed by atoms with Gasteiger partial charge in [-0.2, -0.15) is 0 Å². The Hall–Kier alpha value is -4.06. The number of nitrogen functional groups attached to an aromatic ring is 1. The molecule has 0 radical (unpaired) electrons. The zero-order valence-corrected chi connectivity index (χ0v) is 20.5. The highest BCUT2D eigenvalue weighted by Crippen LogP contribution is 2.40.